The van der Waals surface area contributed by atoms with Crippen molar-refractivity contribution in [2.75, 3.05) is 28.3 Å². The zero-order valence-electron chi connectivity index (χ0n) is 38.7. The molecule has 2 aliphatic rings. The Morgan fingerprint density at radius 1 is 0.984 bits per heavy atom. The average molecular weight is 889 g/mol. The van der Waals surface area contributed by atoms with Gasteiger partial charge in [-0.05, 0) is 109 Å². The van der Waals surface area contributed by atoms with E-state index >= 15 is 0 Å². The van der Waals surface area contributed by atoms with E-state index in [2.05, 4.69) is 5.10 Å². The maximum Gasteiger partial charge on any atom is 0.312 e. The summed E-state index contributed by atoms with van der Waals surface area (Å²) in [5, 5.41) is 45.9. The van der Waals surface area contributed by atoms with Crippen LogP contribution in [-0.2, 0) is 39.7 Å². The van der Waals surface area contributed by atoms with Crippen LogP contribution in [-0.4, -0.2) is 132 Å². The molecular weight excluding hydrogens is 818 g/mol. The van der Waals surface area contributed by atoms with E-state index in [1.807, 2.05) is 65.7 Å². The fourth-order valence-corrected chi connectivity index (χ4v) is 9.09. The summed E-state index contributed by atoms with van der Waals surface area (Å²) < 4.78 is 37.4. The molecule has 2 saturated heterocycles. The molecule has 62 heavy (non-hydrogen) atoms. The highest BCUT2D eigenvalue weighted by Crippen LogP contribution is 2.40. The van der Waals surface area contributed by atoms with Gasteiger partial charge in [-0.15, -0.1) is 0 Å². The van der Waals surface area contributed by atoms with Crippen LogP contribution in [0.15, 0.2) is 58.7 Å². The highest BCUT2D eigenvalue weighted by molar-refractivity contribution is 6.30. The number of methoxy groups -OCH3 is 2. The van der Waals surface area contributed by atoms with Crippen molar-refractivity contribution in [3.05, 3.63) is 64.7 Å². The van der Waals surface area contributed by atoms with Crippen LogP contribution in [0.5, 0.6) is 5.75 Å². The van der Waals surface area contributed by atoms with Crippen LogP contribution in [0.4, 0.5) is 0 Å². The molecule has 346 valence electrons. The van der Waals surface area contributed by atoms with Gasteiger partial charge in [-0.3, -0.25) is 9.59 Å². The number of aliphatic hydroxyl groups is 3. The largest absolute Gasteiger partial charge is 0.497 e. The summed E-state index contributed by atoms with van der Waals surface area (Å²) in [5.41, 5.74) is -0.756. The van der Waals surface area contributed by atoms with E-state index in [9.17, 15) is 24.9 Å². The molecule has 0 aromatic heterocycles. The van der Waals surface area contributed by atoms with Gasteiger partial charge in [-0.1, -0.05) is 63.6 Å². The Labute approximate surface area is 372 Å². The van der Waals surface area contributed by atoms with Crippen LogP contribution in [0.1, 0.15) is 92.7 Å². The number of benzene rings is 2. The zero-order valence-corrected chi connectivity index (χ0v) is 39.5. The average Bonchev–Trinajstić information content (AvgIpc) is 3.23. The number of cyclic esters (lactones) is 1. The molecule has 15 heteroatoms. The number of carbonyl (C=O) groups excluding carboxylic acids is 2. The van der Waals surface area contributed by atoms with Crippen LogP contribution in [0, 0.1) is 23.7 Å². The summed E-state index contributed by atoms with van der Waals surface area (Å²) in [7, 11) is 6.86. The van der Waals surface area contributed by atoms with E-state index < -0.39 is 83.6 Å². The molecule has 14 nitrogen and oxygen atoms in total. The minimum atomic E-state index is -1.96. The summed E-state index contributed by atoms with van der Waals surface area (Å²) in [6, 6.07) is 13.9. The van der Waals surface area contributed by atoms with E-state index in [-0.39, 0.29) is 31.4 Å². The van der Waals surface area contributed by atoms with Gasteiger partial charge in [-0.2, -0.15) is 10.2 Å². The van der Waals surface area contributed by atoms with E-state index in [0.717, 1.165) is 5.56 Å². The van der Waals surface area contributed by atoms with Gasteiger partial charge < -0.3 is 48.6 Å². The second-order valence-electron chi connectivity index (χ2n) is 17.9. The molecule has 4 unspecified atom stereocenters. The van der Waals surface area contributed by atoms with Gasteiger partial charge >= 0.3 is 11.9 Å². The third kappa shape index (κ3) is 12.2. The monoisotopic (exact) mass is 887 g/mol. The molecule has 0 spiro atoms. The Balaban J connectivity index is 1.91. The summed E-state index contributed by atoms with van der Waals surface area (Å²) in [5.74, 6) is -3.97. The first-order valence-electron chi connectivity index (χ1n) is 21.6. The molecule has 0 saturated carbocycles. The maximum atomic E-state index is 14.4. The normalized spacial score (nSPS) is 36.2. The van der Waals surface area contributed by atoms with E-state index in [0.29, 0.717) is 34.2 Å². The number of nitrogens with zero attached hydrogens (tertiary/aromatic N) is 3. The Hall–Kier alpha value is -3.47. The molecule has 4 rings (SSSR count). The van der Waals surface area contributed by atoms with E-state index in [4.69, 9.17) is 45.1 Å². The SMILES string of the molecule is CC[C@H]1OC(=O)[C@H](C)[C@@H](OC(=O)Cc2ccc(OC)cc2)[C@H](C)[C@@H](OC2OC(C)CC(N(C)C)C2O)[C@](C)(OC)C[C@@H](C)/C(=N\N=C(/C)c2ccc(Cl)cc2)[C@H](C)[C@@H](O)[C@]1(C)O. The highest BCUT2D eigenvalue weighted by Gasteiger charge is 2.52. The van der Waals surface area contributed by atoms with Crippen LogP contribution < -0.4 is 4.74 Å². The third-order valence-electron chi connectivity index (χ3n) is 12.9. The Morgan fingerprint density at radius 3 is 2.18 bits per heavy atom. The predicted molar refractivity (Wildman–Crippen MR) is 238 cm³/mol. The van der Waals surface area contributed by atoms with Gasteiger partial charge in [0.25, 0.3) is 0 Å². The van der Waals surface area contributed by atoms with Gasteiger partial charge in [0.05, 0.1) is 49.1 Å². The summed E-state index contributed by atoms with van der Waals surface area (Å²) >= 11 is 6.16. The zero-order chi connectivity index (χ0) is 46.3. The molecule has 0 aliphatic carbocycles. The van der Waals surface area contributed by atoms with Gasteiger partial charge in [0.15, 0.2) is 6.29 Å². The first-order valence-corrected chi connectivity index (χ1v) is 22.0. The molecule has 0 radical (unpaired) electrons. The third-order valence-corrected chi connectivity index (χ3v) is 13.1. The van der Waals surface area contributed by atoms with Crippen molar-refractivity contribution in [1.29, 1.82) is 0 Å². The lowest BCUT2D eigenvalue weighted by Gasteiger charge is -2.48. The molecule has 0 bridgehead atoms. The Bertz CT molecular complexity index is 1840. The highest BCUT2D eigenvalue weighted by atomic mass is 35.5. The summed E-state index contributed by atoms with van der Waals surface area (Å²) in [6.07, 6.45) is -6.57. The smallest absolute Gasteiger partial charge is 0.312 e. The minimum Gasteiger partial charge on any atom is -0.497 e. The number of rotatable bonds is 11. The van der Waals surface area contributed by atoms with Gasteiger partial charge in [0.1, 0.15) is 29.7 Å². The number of ether oxygens (including phenoxy) is 6. The lowest BCUT2D eigenvalue weighted by atomic mass is 9.73. The van der Waals surface area contributed by atoms with Gasteiger partial charge in [0.2, 0.25) is 0 Å². The van der Waals surface area contributed by atoms with Crippen LogP contribution >= 0.6 is 11.6 Å². The number of halogens is 1. The molecule has 3 N–H and O–H groups in total. The Morgan fingerprint density at radius 2 is 1.61 bits per heavy atom. The quantitative estimate of drug-likeness (QED) is 0.131. The minimum absolute atomic E-state index is 0.113. The Kier molecular flexibility index (Phi) is 18.1. The van der Waals surface area contributed by atoms with E-state index in [1.165, 1.54) is 6.92 Å². The molecule has 2 heterocycles. The molecular formula is C47H70ClN3O11. The maximum absolute atomic E-state index is 14.4. The molecule has 14 atom stereocenters. The molecule has 2 aromatic carbocycles. The number of aliphatic hydroxyl groups excluding tert-OH is 2. The van der Waals surface area contributed by atoms with Crippen molar-refractivity contribution in [2.24, 2.45) is 33.9 Å². The van der Waals surface area contributed by atoms with Crippen LogP contribution in [0.25, 0.3) is 0 Å². The first kappa shape index (κ1) is 51.2. The second kappa shape index (κ2) is 21.9. The van der Waals surface area contributed by atoms with Crippen molar-refractivity contribution in [1.82, 2.24) is 4.90 Å². The number of hydrogen-bond donors (Lipinski definition) is 3. The van der Waals surface area contributed by atoms with Gasteiger partial charge in [-0.25, -0.2) is 0 Å². The fourth-order valence-electron chi connectivity index (χ4n) is 8.97. The number of carbonyl (C=O) groups is 2. The fraction of sp³-hybridized carbons (Fsp3) is 0.660. The molecule has 2 aliphatic heterocycles. The van der Waals surface area contributed by atoms with Crippen molar-refractivity contribution in [3.63, 3.8) is 0 Å². The van der Waals surface area contributed by atoms with Crippen molar-refractivity contribution in [3.8, 4) is 5.75 Å². The summed E-state index contributed by atoms with van der Waals surface area (Å²) in [4.78, 5) is 30.2. The predicted octanol–water partition coefficient (Wildman–Crippen LogP) is 6.27. The molecule has 2 fully saturated rings. The number of hydrogen-bond acceptors (Lipinski definition) is 14. The van der Waals surface area contributed by atoms with Crippen LogP contribution in [0.3, 0.4) is 0 Å². The molecule has 0 amide bonds. The van der Waals surface area contributed by atoms with E-state index in [1.54, 1.807) is 71.4 Å². The lowest BCUT2D eigenvalue weighted by molar-refractivity contribution is -0.301. The van der Waals surface area contributed by atoms with Gasteiger partial charge in [0, 0.05) is 35.7 Å². The lowest BCUT2D eigenvalue weighted by Crippen LogP contribution is -2.60. The molecule has 2 aromatic rings. The van der Waals surface area contributed by atoms with Crippen molar-refractivity contribution < 1.29 is 53.3 Å². The van der Waals surface area contributed by atoms with Crippen molar-refractivity contribution in [2.45, 2.75) is 148 Å². The second-order valence-corrected chi connectivity index (χ2v) is 18.3. The van der Waals surface area contributed by atoms with Crippen LogP contribution in [0.2, 0.25) is 5.02 Å². The standard InChI is InChI=1S/C47H70ClN3O11/c1-14-37-47(9,56)42(54)28(4)39(50-49-31(7)33-17-19-34(48)20-18-33)26(2)25-46(8,58-13)43(62-45-40(53)36(51(10)11)23-27(3)59-45)29(5)41(30(6)44(55)60-37)61-38(52)24-32-15-21-35(57-12)22-16-32/h15-22,26-30,36-37,40-43,45,53-54,56H,14,23-25H2,1-13H3/b49-31+,50-39+/t26-,27?,28+,29+,30-,36?,37-,40?,41+,42-,43-,45?,46-,47-/m1/s1. The first-order chi connectivity index (χ1) is 29.1. The summed E-state index contributed by atoms with van der Waals surface area (Å²) in [6.45, 7) is 15.8. The topological polar surface area (TPSA) is 178 Å². The number of likely N-dealkylation sites (N-methyl/N-ethyl adjacent to an activating group) is 1. The van der Waals surface area contributed by atoms with Crippen molar-refractivity contribution >= 4 is 35.0 Å². The number of esters is 2.